The SMILES string of the molecule is CCCc1cc2c(-c3cccc4ccccc34)cccc2[cH-]1.CCCc1cc2c(-c3cccc4ccccc34)cccc2[cH-]1.C[Si]C.[Cl][Ti][Cl]. The summed E-state index contributed by atoms with van der Waals surface area (Å²) in [5, 5.41) is 10.7. The number of aryl methyl sites for hydroxylation is 2. The molecule has 0 aromatic heterocycles. The maximum atomic E-state index is 4.89. The Balaban J connectivity index is 0.000000168. The summed E-state index contributed by atoms with van der Waals surface area (Å²) in [6.07, 6.45) is 4.70. The van der Waals surface area contributed by atoms with Crippen LogP contribution in [0.3, 0.4) is 0 Å². The molecule has 50 heavy (non-hydrogen) atoms. The van der Waals surface area contributed by atoms with E-state index in [1.165, 1.54) is 89.3 Å². The number of fused-ring (bicyclic) bond motifs is 4. The Morgan fingerprint density at radius 2 is 0.800 bits per heavy atom. The normalized spacial score (nSPS) is 10.6. The van der Waals surface area contributed by atoms with Crippen LogP contribution >= 0.6 is 18.6 Å². The summed E-state index contributed by atoms with van der Waals surface area (Å²) in [6, 6.07) is 53.2. The molecule has 252 valence electrons. The molecule has 0 spiro atoms. The topological polar surface area (TPSA) is 0 Å². The molecule has 0 fully saturated rings. The molecule has 0 bridgehead atoms. The van der Waals surface area contributed by atoms with Crippen molar-refractivity contribution in [2.75, 3.05) is 0 Å². The van der Waals surface area contributed by atoms with Gasteiger partial charge in [0, 0.05) is 9.52 Å². The van der Waals surface area contributed by atoms with E-state index in [4.69, 9.17) is 18.6 Å². The molecule has 2 radical (unpaired) electrons. The van der Waals surface area contributed by atoms with Crippen LogP contribution < -0.4 is 0 Å². The molecule has 0 unspecified atom stereocenters. The van der Waals surface area contributed by atoms with Crippen LogP contribution in [0.5, 0.6) is 0 Å². The Kier molecular flexibility index (Phi) is 14.6. The van der Waals surface area contributed by atoms with Gasteiger partial charge >= 0.3 is 35.6 Å². The minimum atomic E-state index is -0.556. The van der Waals surface area contributed by atoms with Crippen molar-refractivity contribution in [1.29, 1.82) is 0 Å². The molecule has 0 amide bonds. The molecule has 0 atom stereocenters. The van der Waals surface area contributed by atoms with Gasteiger partial charge in [0.05, 0.1) is 0 Å². The minimum absolute atomic E-state index is 0.556. The van der Waals surface area contributed by atoms with Crippen molar-refractivity contribution in [3.05, 3.63) is 157 Å². The standard InChI is InChI=1S/2C22H19.C2H6Si.2ClH.Ti/c2*1-2-7-16-14-18-10-6-13-21(22(18)15-16)20-12-5-9-17-8-3-4-11-19(17)20;1-3-2;;;/h2*3-6,8-15H,2,7H2,1H3;1-2H3;2*1H;/q2*-1;;;;+2/p-2. The fourth-order valence-electron chi connectivity index (χ4n) is 6.85. The van der Waals surface area contributed by atoms with Gasteiger partial charge in [-0.25, -0.2) is 0 Å². The van der Waals surface area contributed by atoms with Gasteiger partial charge < -0.3 is 0 Å². The van der Waals surface area contributed by atoms with Gasteiger partial charge in [0.25, 0.3) is 0 Å². The Hall–Kier alpha value is -3.43. The second-order valence-corrected chi connectivity index (χ2v) is 16.0. The summed E-state index contributed by atoms with van der Waals surface area (Å²) < 4.78 is 0. The summed E-state index contributed by atoms with van der Waals surface area (Å²) in [6.45, 7) is 8.78. The molecule has 4 heteroatoms. The Morgan fingerprint density at radius 1 is 0.480 bits per heavy atom. The molecule has 0 aliphatic heterocycles. The van der Waals surface area contributed by atoms with Crippen molar-refractivity contribution in [2.45, 2.75) is 52.6 Å². The van der Waals surface area contributed by atoms with E-state index < -0.39 is 17.0 Å². The number of benzene rings is 6. The Labute approximate surface area is 317 Å². The quantitative estimate of drug-likeness (QED) is 0.118. The van der Waals surface area contributed by atoms with E-state index in [1.54, 1.807) is 0 Å². The van der Waals surface area contributed by atoms with E-state index in [1.807, 2.05) is 0 Å². The molecule has 0 heterocycles. The molecule has 8 aromatic carbocycles. The van der Waals surface area contributed by atoms with E-state index in [2.05, 4.69) is 173 Å². The van der Waals surface area contributed by atoms with Gasteiger partial charge in [0.2, 0.25) is 0 Å². The predicted molar refractivity (Wildman–Crippen MR) is 222 cm³/mol. The van der Waals surface area contributed by atoms with Gasteiger partial charge in [-0.05, 0) is 45.5 Å². The fourth-order valence-corrected chi connectivity index (χ4v) is 6.85. The van der Waals surface area contributed by atoms with Gasteiger partial charge in [-0.1, -0.05) is 148 Å². The van der Waals surface area contributed by atoms with Gasteiger partial charge in [-0.3, -0.25) is 0 Å². The zero-order valence-corrected chi connectivity index (χ0v) is 33.5. The molecular weight excluding hydrogens is 699 g/mol. The van der Waals surface area contributed by atoms with Crippen molar-refractivity contribution >= 4 is 71.2 Å². The van der Waals surface area contributed by atoms with Crippen molar-refractivity contribution < 1.29 is 17.0 Å². The van der Waals surface area contributed by atoms with Crippen LogP contribution in [0.15, 0.2) is 146 Å². The second-order valence-electron chi connectivity index (χ2n) is 12.5. The molecular formula is C46H44Cl2SiTi-2. The number of hydrogen-bond acceptors (Lipinski definition) is 0. The first-order chi connectivity index (χ1) is 24.6. The third-order valence-corrected chi connectivity index (χ3v) is 8.86. The summed E-state index contributed by atoms with van der Waals surface area (Å²) in [5.41, 5.74) is 8.25. The maximum absolute atomic E-state index is 4.89. The van der Waals surface area contributed by atoms with E-state index in [0.29, 0.717) is 0 Å². The fraction of sp³-hybridized carbons (Fsp3) is 0.174. The van der Waals surface area contributed by atoms with Crippen LogP contribution in [-0.4, -0.2) is 9.52 Å². The van der Waals surface area contributed by atoms with Crippen molar-refractivity contribution in [1.82, 2.24) is 0 Å². The average molecular weight is 744 g/mol. The second kappa shape index (κ2) is 19.3. The molecule has 0 aliphatic rings. The van der Waals surface area contributed by atoms with Gasteiger partial charge in [0.1, 0.15) is 0 Å². The monoisotopic (exact) mass is 742 g/mol. The first-order valence-corrected chi connectivity index (χ1v) is 23.7. The predicted octanol–water partition coefficient (Wildman–Crippen LogP) is 14.8. The molecule has 8 rings (SSSR count). The van der Waals surface area contributed by atoms with Gasteiger partial charge in [-0.2, -0.15) is 12.1 Å². The third kappa shape index (κ3) is 9.07. The average Bonchev–Trinajstić information content (AvgIpc) is 3.76. The van der Waals surface area contributed by atoms with Crippen molar-refractivity contribution in [2.24, 2.45) is 0 Å². The van der Waals surface area contributed by atoms with Crippen LogP contribution in [0.1, 0.15) is 37.8 Å². The first-order valence-electron chi connectivity index (χ1n) is 17.4. The summed E-state index contributed by atoms with van der Waals surface area (Å²) in [5.74, 6) is 0. The van der Waals surface area contributed by atoms with Crippen LogP contribution in [0, 0.1) is 0 Å². The van der Waals surface area contributed by atoms with Crippen molar-refractivity contribution in [3.8, 4) is 22.3 Å². The molecule has 0 N–H and O–H groups in total. The Bertz CT molecular complexity index is 2090. The molecule has 0 saturated carbocycles. The molecule has 0 nitrogen and oxygen atoms in total. The van der Waals surface area contributed by atoms with Gasteiger partial charge in [0.15, 0.2) is 0 Å². The van der Waals surface area contributed by atoms with E-state index in [9.17, 15) is 0 Å². The zero-order chi connectivity index (χ0) is 35.3. The van der Waals surface area contributed by atoms with Crippen LogP contribution in [0.2, 0.25) is 13.1 Å². The van der Waals surface area contributed by atoms with E-state index in [0.717, 1.165) is 22.4 Å². The third-order valence-electron chi connectivity index (χ3n) is 8.86. The van der Waals surface area contributed by atoms with Crippen LogP contribution in [0.4, 0.5) is 0 Å². The molecule has 0 aliphatic carbocycles. The van der Waals surface area contributed by atoms with Crippen LogP contribution in [0.25, 0.3) is 65.3 Å². The first kappa shape index (κ1) is 37.8. The molecule has 0 saturated heterocycles. The number of rotatable bonds is 6. The summed E-state index contributed by atoms with van der Waals surface area (Å²) >= 11 is -0.556. The number of halogens is 2. The van der Waals surface area contributed by atoms with Gasteiger partial charge in [-0.15, -0.1) is 69.1 Å². The van der Waals surface area contributed by atoms with Crippen molar-refractivity contribution in [3.63, 3.8) is 0 Å². The van der Waals surface area contributed by atoms with E-state index in [-0.39, 0.29) is 0 Å². The van der Waals surface area contributed by atoms with E-state index >= 15 is 0 Å². The zero-order valence-electron chi connectivity index (χ0n) is 29.4. The summed E-state index contributed by atoms with van der Waals surface area (Å²) in [4.78, 5) is 0. The van der Waals surface area contributed by atoms with Crippen LogP contribution in [-0.2, 0) is 29.9 Å². The number of hydrogen-bond donors (Lipinski definition) is 0. The Morgan fingerprint density at radius 3 is 1.18 bits per heavy atom. The summed E-state index contributed by atoms with van der Waals surface area (Å²) in [7, 11) is 10.9. The molecule has 8 aromatic rings.